The van der Waals surface area contributed by atoms with Crippen molar-refractivity contribution >= 4 is 11.4 Å². The van der Waals surface area contributed by atoms with Crippen LogP contribution in [-0.2, 0) is 19.7 Å². The Bertz CT molecular complexity index is 91.3. The first-order valence-electron chi connectivity index (χ1n) is 2.01. The second kappa shape index (κ2) is 4.96. The molecule has 0 heterocycles. The van der Waals surface area contributed by atoms with Crippen molar-refractivity contribution in [3.63, 3.8) is 0 Å². The van der Waals surface area contributed by atoms with Crippen molar-refractivity contribution in [1.82, 2.24) is 0 Å². The molecule has 4 heteroatoms. The molecule has 0 spiro atoms. The smallest absolute Gasteiger partial charge is 0.272 e. The zero-order valence-electron chi connectivity index (χ0n) is 4.62. The molecule has 0 amide bonds. The highest BCUT2D eigenvalue weighted by atomic mass is 32.2. The van der Waals surface area contributed by atoms with Crippen LogP contribution in [0.4, 0.5) is 0 Å². The van der Waals surface area contributed by atoms with E-state index in [2.05, 4.69) is 14.9 Å². The molecule has 0 aromatic rings. The molecule has 0 saturated heterocycles. The van der Waals surface area contributed by atoms with Gasteiger partial charge in [-0.2, -0.15) is 4.21 Å². The zero-order chi connectivity index (χ0) is 6.41. The Labute approximate surface area is 51.2 Å². The van der Waals surface area contributed by atoms with Gasteiger partial charge in [-0.05, 0) is 0 Å². The molecular formula is C4H8O3S. The largest absolute Gasteiger partial charge is 0.304 e. The van der Waals surface area contributed by atoms with Gasteiger partial charge in [0.15, 0.2) is 0 Å². The van der Waals surface area contributed by atoms with E-state index >= 15 is 0 Å². The lowest BCUT2D eigenvalue weighted by Gasteiger charge is -1.92. The SMILES string of the molecule is C=CCOS(=O)OC. The summed E-state index contributed by atoms with van der Waals surface area (Å²) in [6.45, 7) is 3.60. The molecule has 0 aromatic heterocycles. The van der Waals surface area contributed by atoms with Crippen LogP contribution < -0.4 is 0 Å². The Balaban J connectivity index is 3.11. The van der Waals surface area contributed by atoms with E-state index in [1.807, 2.05) is 0 Å². The van der Waals surface area contributed by atoms with Gasteiger partial charge in [-0.25, -0.2) is 0 Å². The van der Waals surface area contributed by atoms with Crippen molar-refractivity contribution in [2.75, 3.05) is 13.7 Å². The number of rotatable bonds is 4. The first-order chi connectivity index (χ1) is 3.81. The summed E-state index contributed by atoms with van der Waals surface area (Å²) in [7, 11) is 1.30. The summed E-state index contributed by atoms with van der Waals surface area (Å²) in [4.78, 5) is 0. The minimum Gasteiger partial charge on any atom is -0.272 e. The van der Waals surface area contributed by atoms with Gasteiger partial charge in [0.25, 0.3) is 0 Å². The Hall–Kier alpha value is -0.190. The minimum absolute atomic E-state index is 0.250. The van der Waals surface area contributed by atoms with Crippen LogP contribution in [-0.4, -0.2) is 17.9 Å². The normalized spacial score (nSPS) is 13.1. The summed E-state index contributed by atoms with van der Waals surface area (Å²) >= 11 is -1.60. The van der Waals surface area contributed by atoms with E-state index < -0.39 is 11.4 Å². The highest BCUT2D eigenvalue weighted by Crippen LogP contribution is 1.83. The summed E-state index contributed by atoms with van der Waals surface area (Å²) in [5.41, 5.74) is 0. The van der Waals surface area contributed by atoms with Gasteiger partial charge in [0.2, 0.25) is 0 Å². The molecule has 0 aliphatic heterocycles. The molecule has 48 valence electrons. The summed E-state index contributed by atoms with van der Waals surface area (Å²) in [5, 5.41) is 0. The van der Waals surface area contributed by atoms with Crippen LogP contribution in [0.3, 0.4) is 0 Å². The molecule has 0 saturated carbocycles. The van der Waals surface area contributed by atoms with Gasteiger partial charge in [0.05, 0.1) is 13.7 Å². The molecule has 0 rings (SSSR count). The van der Waals surface area contributed by atoms with E-state index in [1.165, 1.54) is 13.2 Å². The molecular weight excluding hydrogens is 128 g/mol. The van der Waals surface area contributed by atoms with E-state index in [9.17, 15) is 4.21 Å². The van der Waals surface area contributed by atoms with Gasteiger partial charge < -0.3 is 0 Å². The van der Waals surface area contributed by atoms with Crippen LogP contribution in [0, 0.1) is 0 Å². The molecule has 0 aliphatic rings. The van der Waals surface area contributed by atoms with E-state index in [4.69, 9.17) is 0 Å². The maximum absolute atomic E-state index is 10.2. The van der Waals surface area contributed by atoms with Crippen molar-refractivity contribution < 1.29 is 12.6 Å². The molecule has 0 aromatic carbocycles. The minimum atomic E-state index is -1.60. The molecule has 0 radical (unpaired) electrons. The van der Waals surface area contributed by atoms with Crippen molar-refractivity contribution in [3.05, 3.63) is 12.7 Å². The van der Waals surface area contributed by atoms with Crippen molar-refractivity contribution in [1.29, 1.82) is 0 Å². The Morgan fingerprint density at radius 3 is 2.88 bits per heavy atom. The van der Waals surface area contributed by atoms with Crippen LogP contribution >= 0.6 is 0 Å². The fourth-order valence-electron chi connectivity index (χ4n) is 0.152. The van der Waals surface area contributed by atoms with E-state index in [0.29, 0.717) is 0 Å². The first-order valence-corrected chi connectivity index (χ1v) is 3.01. The summed E-state index contributed by atoms with van der Waals surface area (Å²) in [6.07, 6.45) is 1.50. The van der Waals surface area contributed by atoms with Crippen LogP contribution in [0.2, 0.25) is 0 Å². The van der Waals surface area contributed by atoms with Crippen molar-refractivity contribution in [2.24, 2.45) is 0 Å². The monoisotopic (exact) mass is 136 g/mol. The number of hydrogen-bond acceptors (Lipinski definition) is 3. The molecule has 8 heavy (non-hydrogen) atoms. The van der Waals surface area contributed by atoms with Gasteiger partial charge in [0.1, 0.15) is 0 Å². The predicted molar refractivity (Wildman–Crippen MR) is 31.3 cm³/mol. The van der Waals surface area contributed by atoms with Gasteiger partial charge in [0, 0.05) is 0 Å². The van der Waals surface area contributed by atoms with Crippen molar-refractivity contribution in [2.45, 2.75) is 0 Å². The summed E-state index contributed by atoms with van der Waals surface area (Å²) < 4.78 is 18.9. The van der Waals surface area contributed by atoms with Crippen molar-refractivity contribution in [3.8, 4) is 0 Å². The highest BCUT2D eigenvalue weighted by molar-refractivity contribution is 7.75. The summed E-state index contributed by atoms with van der Waals surface area (Å²) in [5.74, 6) is 0. The molecule has 3 nitrogen and oxygen atoms in total. The van der Waals surface area contributed by atoms with Crippen LogP contribution in [0.5, 0.6) is 0 Å². The molecule has 0 N–H and O–H groups in total. The third-order valence-corrected chi connectivity index (χ3v) is 1.02. The van der Waals surface area contributed by atoms with Gasteiger partial charge in [-0.15, -0.1) is 6.58 Å². The topological polar surface area (TPSA) is 35.5 Å². The maximum atomic E-state index is 10.2. The second-order valence-electron chi connectivity index (χ2n) is 0.944. The second-order valence-corrected chi connectivity index (χ2v) is 1.92. The average molecular weight is 136 g/mol. The van der Waals surface area contributed by atoms with Crippen LogP contribution in [0.1, 0.15) is 0 Å². The van der Waals surface area contributed by atoms with Crippen LogP contribution in [0.15, 0.2) is 12.7 Å². The summed E-state index contributed by atoms with van der Waals surface area (Å²) in [6, 6.07) is 0. The molecule has 0 fully saturated rings. The van der Waals surface area contributed by atoms with Gasteiger partial charge in [-0.3, -0.25) is 8.37 Å². The van der Waals surface area contributed by atoms with Gasteiger partial charge >= 0.3 is 11.4 Å². The van der Waals surface area contributed by atoms with E-state index in [1.54, 1.807) is 0 Å². The molecule has 0 bridgehead atoms. The standard InChI is InChI=1S/C4H8O3S/c1-3-4-7-8(5)6-2/h3H,1,4H2,2H3. The fourth-order valence-corrected chi connectivity index (χ4v) is 0.455. The number of hydrogen-bond donors (Lipinski definition) is 0. The highest BCUT2D eigenvalue weighted by Gasteiger charge is 1.90. The lowest BCUT2D eigenvalue weighted by molar-refractivity contribution is 0.309. The third-order valence-electron chi connectivity index (χ3n) is 0.418. The first kappa shape index (κ1) is 7.81. The lowest BCUT2D eigenvalue weighted by Crippen LogP contribution is -1.97. The average Bonchev–Trinajstić information content (AvgIpc) is 1.83. The fraction of sp³-hybridized carbons (Fsp3) is 0.500. The predicted octanol–water partition coefficient (Wildman–Crippen LogP) is 0.414. The van der Waals surface area contributed by atoms with E-state index in [0.717, 1.165) is 0 Å². The quantitative estimate of drug-likeness (QED) is 0.525. The Kier molecular flexibility index (Phi) is 4.84. The maximum Gasteiger partial charge on any atom is 0.304 e. The van der Waals surface area contributed by atoms with Crippen LogP contribution in [0.25, 0.3) is 0 Å². The Morgan fingerprint density at radius 1 is 1.88 bits per heavy atom. The molecule has 0 aliphatic carbocycles. The van der Waals surface area contributed by atoms with Gasteiger partial charge in [-0.1, -0.05) is 6.08 Å². The Morgan fingerprint density at radius 2 is 2.50 bits per heavy atom. The third kappa shape index (κ3) is 3.98. The molecule has 1 unspecified atom stereocenters. The van der Waals surface area contributed by atoms with E-state index in [-0.39, 0.29) is 6.61 Å². The zero-order valence-corrected chi connectivity index (χ0v) is 5.44. The molecule has 1 atom stereocenters. The lowest BCUT2D eigenvalue weighted by atomic mass is 10.7.